The lowest BCUT2D eigenvalue weighted by Gasteiger charge is -2.01. The summed E-state index contributed by atoms with van der Waals surface area (Å²) in [5.74, 6) is 0.578. The molecule has 1 heterocycles. The zero-order chi connectivity index (χ0) is 12.6. The molecule has 2 N–H and O–H groups in total. The van der Waals surface area contributed by atoms with E-state index in [0.717, 1.165) is 21.7 Å². The molecule has 0 atom stereocenters. The Morgan fingerprint density at radius 1 is 1.47 bits per heavy atom. The van der Waals surface area contributed by atoms with Gasteiger partial charge in [0.05, 0.1) is 6.54 Å². The molecule has 0 bridgehead atoms. The average Bonchev–Trinajstić information content (AvgIpc) is 2.60. The highest BCUT2D eigenvalue weighted by atomic mass is 79.9. The lowest BCUT2D eigenvalue weighted by Crippen LogP contribution is -2.04. The fourth-order valence-corrected chi connectivity index (χ4v) is 2.20. The van der Waals surface area contributed by atoms with Gasteiger partial charge in [0.15, 0.2) is 0 Å². The molecule has 2 aromatic rings. The Morgan fingerprint density at radius 3 is 2.71 bits per heavy atom. The minimum atomic E-state index is -0.208. The van der Waals surface area contributed by atoms with Crippen molar-refractivity contribution in [1.29, 1.82) is 0 Å². The van der Waals surface area contributed by atoms with Crippen LogP contribution in [0.15, 0.2) is 22.8 Å². The number of aromatic nitrogens is 2. The second-order valence-electron chi connectivity index (χ2n) is 3.89. The minimum absolute atomic E-state index is 0.208. The van der Waals surface area contributed by atoms with E-state index in [9.17, 15) is 4.39 Å². The summed E-state index contributed by atoms with van der Waals surface area (Å²) in [6, 6.07) is 4.95. The van der Waals surface area contributed by atoms with Crippen LogP contribution in [0, 0.1) is 12.7 Å². The number of aryl methyl sites for hydroxylation is 1. The van der Waals surface area contributed by atoms with Crippen LogP contribution in [0.5, 0.6) is 0 Å². The van der Waals surface area contributed by atoms with Crippen LogP contribution >= 0.6 is 15.9 Å². The molecule has 0 fully saturated rings. The lowest BCUT2D eigenvalue weighted by molar-refractivity contribution is 0.619. The Hall–Kier alpha value is -1.20. The van der Waals surface area contributed by atoms with Gasteiger partial charge < -0.3 is 10.3 Å². The Morgan fingerprint density at radius 2 is 2.18 bits per heavy atom. The van der Waals surface area contributed by atoms with Crippen LogP contribution in [-0.2, 0) is 13.6 Å². The molecule has 5 heteroatoms. The van der Waals surface area contributed by atoms with E-state index < -0.39 is 0 Å². The summed E-state index contributed by atoms with van der Waals surface area (Å²) in [6.45, 7) is 2.11. The Bertz CT molecular complexity index is 563. The first-order chi connectivity index (χ1) is 8.04. The average molecular weight is 298 g/mol. The van der Waals surface area contributed by atoms with Gasteiger partial charge in [-0.2, -0.15) is 0 Å². The number of imidazole rings is 1. The highest BCUT2D eigenvalue weighted by Gasteiger charge is 2.13. The fraction of sp³-hybridized carbons (Fsp3) is 0.250. The fourth-order valence-electron chi connectivity index (χ4n) is 1.68. The zero-order valence-corrected chi connectivity index (χ0v) is 11.3. The number of hydrogen-bond acceptors (Lipinski definition) is 2. The van der Waals surface area contributed by atoms with Gasteiger partial charge in [0.2, 0.25) is 0 Å². The van der Waals surface area contributed by atoms with E-state index in [0.29, 0.717) is 12.1 Å². The predicted molar refractivity (Wildman–Crippen MR) is 68.9 cm³/mol. The maximum Gasteiger partial charge on any atom is 0.126 e. The molecule has 17 heavy (non-hydrogen) atoms. The van der Waals surface area contributed by atoms with Crippen molar-refractivity contribution in [3.8, 4) is 11.3 Å². The molecule has 0 aliphatic rings. The topological polar surface area (TPSA) is 43.8 Å². The number of rotatable bonds is 2. The number of halogens is 2. The summed E-state index contributed by atoms with van der Waals surface area (Å²) >= 11 is 3.47. The molecule has 0 spiro atoms. The van der Waals surface area contributed by atoms with E-state index in [2.05, 4.69) is 20.9 Å². The first-order valence-electron chi connectivity index (χ1n) is 5.22. The van der Waals surface area contributed by atoms with Gasteiger partial charge in [-0.15, -0.1) is 0 Å². The molecule has 0 aliphatic carbocycles. The summed E-state index contributed by atoms with van der Waals surface area (Å²) in [6.07, 6.45) is 0. The summed E-state index contributed by atoms with van der Waals surface area (Å²) in [4.78, 5) is 4.44. The van der Waals surface area contributed by atoms with Gasteiger partial charge in [-0.05, 0) is 46.6 Å². The van der Waals surface area contributed by atoms with Crippen molar-refractivity contribution in [3.05, 3.63) is 40.0 Å². The monoisotopic (exact) mass is 297 g/mol. The minimum Gasteiger partial charge on any atom is -0.324 e. The maximum atomic E-state index is 13.2. The van der Waals surface area contributed by atoms with Gasteiger partial charge in [0.1, 0.15) is 21.9 Å². The number of nitrogens with zero attached hydrogens (tertiary/aromatic N) is 2. The lowest BCUT2D eigenvalue weighted by atomic mass is 10.1. The molecule has 2 rings (SSSR count). The van der Waals surface area contributed by atoms with Crippen LogP contribution in [0.1, 0.15) is 11.4 Å². The van der Waals surface area contributed by atoms with Crippen LogP contribution in [0.3, 0.4) is 0 Å². The second kappa shape index (κ2) is 4.58. The van der Waals surface area contributed by atoms with E-state index in [1.807, 2.05) is 11.6 Å². The highest BCUT2D eigenvalue weighted by molar-refractivity contribution is 9.10. The molecular weight excluding hydrogens is 285 g/mol. The van der Waals surface area contributed by atoms with Crippen molar-refractivity contribution in [2.24, 2.45) is 12.8 Å². The second-order valence-corrected chi connectivity index (χ2v) is 4.65. The molecule has 0 amide bonds. The first kappa shape index (κ1) is 12.3. The van der Waals surface area contributed by atoms with Crippen LogP contribution in [-0.4, -0.2) is 9.55 Å². The number of nitrogens with two attached hydrogens (primary N) is 1. The van der Waals surface area contributed by atoms with Gasteiger partial charge in [-0.3, -0.25) is 0 Å². The molecule has 0 aliphatic heterocycles. The number of hydrogen-bond donors (Lipinski definition) is 1. The van der Waals surface area contributed by atoms with Crippen LogP contribution in [0.2, 0.25) is 0 Å². The number of benzene rings is 1. The van der Waals surface area contributed by atoms with Crippen LogP contribution in [0.4, 0.5) is 4.39 Å². The Kier molecular flexibility index (Phi) is 3.31. The Labute approximate surface area is 108 Å². The molecule has 0 radical (unpaired) electrons. The van der Waals surface area contributed by atoms with E-state index in [1.165, 1.54) is 6.07 Å². The smallest absolute Gasteiger partial charge is 0.126 e. The quantitative estimate of drug-likeness (QED) is 0.926. The van der Waals surface area contributed by atoms with Crippen molar-refractivity contribution in [3.63, 3.8) is 0 Å². The van der Waals surface area contributed by atoms with E-state index in [-0.39, 0.29) is 5.82 Å². The molecule has 0 saturated carbocycles. The van der Waals surface area contributed by atoms with E-state index >= 15 is 0 Å². The van der Waals surface area contributed by atoms with Crippen molar-refractivity contribution in [2.45, 2.75) is 13.5 Å². The standard InChI is InChI=1S/C12H13BrFN3/c1-7-5-8(3-4-9(7)14)11-12(13)17(2)10(6-15)16-11/h3-5H,6,15H2,1-2H3. The zero-order valence-electron chi connectivity index (χ0n) is 9.67. The molecule has 0 saturated heterocycles. The Balaban J connectivity index is 2.56. The van der Waals surface area contributed by atoms with Gasteiger partial charge in [-0.25, -0.2) is 9.37 Å². The predicted octanol–water partition coefficient (Wildman–Crippen LogP) is 2.76. The molecular formula is C12H13BrFN3. The third-order valence-electron chi connectivity index (χ3n) is 2.73. The summed E-state index contributed by atoms with van der Waals surface area (Å²) < 4.78 is 15.9. The van der Waals surface area contributed by atoms with E-state index in [1.54, 1.807) is 19.1 Å². The summed E-state index contributed by atoms with van der Waals surface area (Å²) in [7, 11) is 1.89. The highest BCUT2D eigenvalue weighted by Crippen LogP contribution is 2.29. The third-order valence-corrected chi connectivity index (χ3v) is 3.64. The maximum absolute atomic E-state index is 13.2. The van der Waals surface area contributed by atoms with E-state index in [4.69, 9.17) is 5.73 Å². The summed E-state index contributed by atoms with van der Waals surface area (Å²) in [5.41, 5.74) is 7.88. The SMILES string of the molecule is Cc1cc(-c2nc(CN)n(C)c2Br)ccc1F. The normalized spacial score (nSPS) is 10.9. The van der Waals surface area contributed by atoms with Crippen molar-refractivity contribution in [1.82, 2.24) is 9.55 Å². The molecule has 1 aromatic carbocycles. The van der Waals surface area contributed by atoms with Gasteiger partial charge >= 0.3 is 0 Å². The van der Waals surface area contributed by atoms with Crippen LogP contribution in [0.25, 0.3) is 11.3 Å². The summed E-state index contributed by atoms with van der Waals surface area (Å²) in [5, 5.41) is 0. The van der Waals surface area contributed by atoms with Gasteiger partial charge in [-0.1, -0.05) is 0 Å². The molecule has 90 valence electrons. The largest absolute Gasteiger partial charge is 0.324 e. The van der Waals surface area contributed by atoms with Crippen molar-refractivity contribution in [2.75, 3.05) is 0 Å². The first-order valence-corrected chi connectivity index (χ1v) is 6.01. The molecule has 3 nitrogen and oxygen atoms in total. The molecule has 0 unspecified atom stereocenters. The van der Waals surface area contributed by atoms with Crippen molar-refractivity contribution < 1.29 is 4.39 Å². The van der Waals surface area contributed by atoms with Gasteiger partial charge in [0.25, 0.3) is 0 Å². The third kappa shape index (κ3) is 2.12. The van der Waals surface area contributed by atoms with Crippen LogP contribution < -0.4 is 5.73 Å². The van der Waals surface area contributed by atoms with Crippen molar-refractivity contribution >= 4 is 15.9 Å². The molecule has 1 aromatic heterocycles. The van der Waals surface area contributed by atoms with Gasteiger partial charge in [0, 0.05) is 12.6 Å².